The highest BCUT2D eigenvalue weighted by molar-refractivity contribution is 7.13. The lowest BCUT2D eigenvalue weighted by Gasteiger charge is -1.99. The van der Waals surface area contributed by atoms with Crippen molar-refractivity contribution in [2.45, 2.75) is 0 Å². The lowest BCUT2D eigenvalue weighted by Crippen LogP contribution is -1.92. The fourth-order valence-electron chi connectivity index (χ4n) is 1.28. The summed E-state index contributed by atoms with van der Waals surface area (Å²) in [5.41, 5.74) is 6.32. The van der Waals surface area contributed by atoms with E-state index in [-0.39, 0.29) is 5.69 Å². The molecule has 0 spiro atoms. The number of nitrogens with zero attached hydrogens (tertiary/aromatic N) is 2. The largest absolute Gasteiger partial charge is 0.375 e. The fourth-order valence-corrected chi connectivity index (χ4v) is 2.01. The van der Waals surface area contributed by atoms with E-state index in [9.17, 15) is 10.1 Å². The molecular formula is C9H6ClN3O2S. The Labute approximate surface area is 99.6 Å². The van der Waals surface area contributed by atoms with Gasteiger partial charge in [-0.3, -0.25) is 10.1 Å². The summed E-state index contributed by atoms with van der Waals surface area (Å²) in [6, 6.07) is 4.45. The summed E-state index contributed by atoms with van der Waals surface area (Å²) in [7, 11) is 0. The number of nitrogen functional groups attached to an aromatic ring is 1. The third-order valence-corrected chi connectivity index (χ3v) is 2.86. The van der Waals surface area contributed by atoms with E-state index < -0.39 is 4.92 Å². The zero-order valence-corrected chi connectivity index (χ0v) is 9.46. The highest BCUT2D eigenvalue weighted by Gasteiger charge is 2.17. The molecule has 5 nitrogen and oxygen atoms in total. The van der Waals surface area contributed by atoms with Crippen molar-refractivity contribution >= 4 is 33.8 Å². The highest BCUT2D eigenvalue weighted by Crippen LogP contribution is 2.33. The second kappa shape index (κ2) is 4.07. The highest BCUT2D eigenvalue weighted by atomic mass is 35.5. The van der Waals surface area contributed by atoms with Crippen molar-refractivity contribution in [1.82, 2.24) is 4.98 Å². The number of nitro benzene ring substituents is 1. The molecule has 0 bridgehead atoms. The van der Waals surface area contributed by atoms with Crippen molar-refractivity contribution in [2.75, 3.05) is 5.73 Å². The van der Waals surface area contributed by atoms with E-state index in [0.717, 1.165) is 0 Å². The number of nitrogens with two attached hydrogens (primary N) is 1. The van der Waals surface area contributed by atoms with Crippen LogP contribution in [-0.4, -0.2) is 9.91 Å². The monoisotopic (exact) mass is 255 g/mol. The maximum absolute atomic E-state index is 10.8. The normalized spacial score (nSPS) is 10.3. The SMILES string of the molecule is Nc1nc(-c2ccc(Cl)cc2[N+](=O)[O-])cs1. The van der Waals surface area contributed by atoms with Crippen LogP contribution in [-0.2, 0) is 0 Å². The average molecular weight is 256 g/mol. The van der Waals surface area contributed by atoms with E-state index in [1.54, 1.807) is 17.5 Å². The summed E-state index contributed by atoms with van der Waals surface area (Å²) in [6.45, 7) is 0. The smallest absolute Gasteiger partial charge is 0.280 e. The van der Waals surface area contributed by atoms with Crippen LogP contribution in [0.25, 0.3) is 11.3 Å². The molecular weight excluding hydrogens is 250 g/mol. The molecule has 0 saturated carbocycles. The second-order valence-electron chi connectivity index (χ2n) is 2.99. The Kier molecular flexibility index (Phi) is 2.76. The van der Waals surface area contributed by atoms with Crippen LogP contribution in [0.1, 0.15) is 0 Å². The molecule has 2 rings (SSSR count). The molecule has 2 aromatic rings. The minimum absolute atomic E-state index is 0.0715. The number of anilines is 1. The standard InChI is InChI=1S/C9H6ClN3O2S/c10-5-1-2-6(8(3-5)13(14)15)7-4-16-9(11)12-7/h1-4H,(H2,11,12). The Morgan fingerprint density at radius 2 is 2.25 bits per heavy atom. The Balaban J connectivity index is 2.60. The van der Waals surface area contributed by atoms with Crippen LogP contribution in [0.5, 0.6) is 0 Å². The molecule has 0 atom stereocenters. The Bertz CT molecular complexity index is 555. The van der Waals surface area contributed by atoms with Gasteiger partial charge in [-0.25, -0.2) is 4.98 Å². The Hall–Kier alpha value is -1.66. The lowest BCUT2D eigenvalue weighted by molar-refractivity contribution is -0.384. The van der Waals surface area contributed by atoms with Crippen LogP contribution in [0.3, 0.4) is 0 Å². The molecule has 16 heavy (non-hydrogen) atoms. The summed E-state index contributed by atoms with van der Waals surface area (Å²) < 4.78 is 0. The van der Waals surface area contributed by atoms with Crippen LogP contribution in [0.2, 0.25) is 5.02 Å². The first-order valence-electron chi connectivity index (χ1n) is 4.23. The van der Waals surface area contributed by atoms with Crippen LogP contribution >= 0.6 is 22.9 Å². The van der Waals surface area contributed by atoms with Gasteiger partial charge < -0.3 is 5.73 Å². The number of rotatable bonds is 2. The summed E-state index contributed by atoms with van der Waals surface area (Å²) in [4.78, 5) is 14.4. The number of thiazole rings is 1. The molecule has 82 valence electrons. The molecule has 1 aromatic carbocycles. The molecule has 0 saturated heterocycles. The van der Waals surface area contributed by atoms with Crippen LogP contribution in [0.4, 0.5) is 10.8 Å². The number of aromatic nitrogens is 1. The van der Waals surface area contributed by atoms with Gasteiger partial charge in [0.1, 0.15) is 0 Å². The van der Waals surface area contributed by atoms with Gasteiger partial charge in [-0.15, -0.1) is 11.3 Å². The molecule has 2 N–H and O–H groups in total. The molecule has 0 aliphatic carbocycles. The predicted molar refractivity (Wildman–Crippen MR) is 63.6 cm³/mol. The molecule has 0 radical (unpaired) electrons. The van der Waals surface area contributed by atoms with Crippen LogP contribution in [0.15, 0.2) is 23.6 Å². The Morgan fingerprint density at radius 3 is 2.81 bits per heavy atom. The van der Waals surface area contributed by atoms with Crippen molar-refractivity contribution in [3.63, 3.8) is 0 Å². The minimum Gasteiger partial charge on any atom is -0.375 e. The van der Waals surface area contributed by atoms with Gasteiger partial charge in [0.25, 0.3) is 5.69 Å². The predicted octanol–water partition coefficient (Wildman–Crippen LogP) is 2.95. The van der Waals surface area contributed by atoms with Crippen molar-refractivity contribution in [2.24, 2.45) is 0 Å². The maximum atomic E-state index is 10.8. The van der Waals surface area contributed by atoms with E-state index >= 15 is 0 Å². The van der Waals surface area contributed by atoms with E-state index in [1.807, 2.05) is 0 Å². The molecule has 0 amide bonds. The molecule has 0 aliphatic heterocycles. The van der Waals surface area contributed by atoms with E-state index in [4.69, 9.17) is 17.3 Å². The van der Waals surface area contributed by atoms with Gasteiger partial charge >= 0.3 is 0 Å². The molecule has 1 aromatic heterocycles. The molecule has 0 fully saturated rings. The van der Waals surface area contributed by atoms with E-state index in [0.29, 0.717) is 21.4 Å². The number of hydrogen-bond acceptors (Lipinski definition) is 5. The second-order valence-corrected chi connectivity index (χ2v) is 4.32. The quantitative estimate of drug-likeness (QED) is 0.661. The van der Waals surface area contributed by atoms with E-state index in [2.05, 4.69) is 4.98 Å². The maximum Gasteiger partial charge on any atom is 0.280 e. The van der Waals surface area contributed by atoms with E-state index in [1.165, 1.54) is 17.4 Å². The first-order valence-corrected chi connectivity index (χ1v) is 5.49. The molecule has 0 aliphatic rings. The zero-order valence-electron chi connectivity index (χ0n) is 7.88. The van der Waals surface area contributed by atoms with Gasteiger partial charge in [-0.2, -0.15) is 0 Å². The summed E-state index contributed by atoms with van der Waals surface area (Å²) in [5, 5.41) is 13.2. The first-order chi connectivity index (χ1) is 7.58. The van der Waals surface area contributed by atoms with Gasteiger partial charge in [0, 0.05) is 16.5 Å². The van der Waals surface area contributed by atoms with Crippen molar-refractivity contribution in [1.29, 1.82) is 0 Å². The number of halogens is 1. The minimum atomic E-state index is -0.489. The van der Waals surface area contributed by atoms with Gasteiger partial charge in [-0.05, 0) is 12.1 Å². The Morgan fingerprint density at radius 1 is 1.50 bits per heavy atom. The molecule has 0 unspecified atom stereocenters. The van der Waals surface area contributed by atoms with Crippen molar-refractivity contribution in [3.8, 4) is 11.3 Å². The number of nitro groups is 1. The number of hydrogen-bond donors (Lipinski definition) is 1. The van der Waals surface area contributed by atoms with Gasteiger partial charge in [0.2, 0.25) is 0 Å². The van der Waals surface area contributed by atoms with Crippen molar-refractivity contribution in [3.05, 3.63) is 38.7 Å². The summed E-state index contributed by atoms with van der Waals surface area (Å²) in [5.74, 6) is 0. The fraction of sp³-hybridized carbons (Fsp3) is 0. The molecule has 7 heteroatoms. The van der Waals surface area contributed by atoms with Crippen molar-refractivity contribution < 1.29 is 4.92 Å². The zero-order chi connectivity index (χ0) is 11.7. The van der Waals surface area contributed by atoms with Crippen LogP contribution < -0.4 is 5.73 Å². The number of benzene rings is 1. The van der Waals surface area contributed by atoms with Crippen LogP contribution in [0, 0.1) is 10.1 Å². The third kappa shape index (κ3) is 1.98. The first kappa shape index (κ1) is 10.8. The lowest BCUT2D eigenvalue weighted by atomic mass is 10.1. The van der Waals surface area contributed by atoms with Gasteiger partial charge in [0.15, 0.2) is 5.13 Å². The van der Waals surface area contributed by atoms with Gasteiger partial charge in [-0.1, -0.05) is 11.6 Å². The summed E-state index contributed by atoms with van der Waals surface area (Å²) >= 11 is 6.94. The summed E-state index contributed by atoms with van der Waals surface area (Å²) in [6.07, 6.45) is 0. The molecule has 1 heterocycles. The van der Waals surface area contributed by atoms with Gasteiger partial charge in [0.05, 0.1) is 16.2 Å². The topological polar surface area (TPSA) is 82.0 Å². The third-order valence-electron chi connectivity index (χ3n) is 1.95. The average Bonchev–Trinajstić information content (AvgIpc) is 2.64.